The maximum atomic E-state index is 10.1. The lowest BCUT2D eigenvalue weighted by atomic mass is 10.2. The van der Waals surface area contributed by atoms with Gasteiger partial charge >= 0.3 is 0 Å². The van der Waals surface area contributed by atoms with Gasteiger partial charge in [-0.2, -0.15) is 0 Å². The summed E-state index contributed by atoms with van der Waals surface area (Å²) < 4.78 is 0. The molecule has 4 N–H and O–H groups in total. The molecular weight excluding hydrogens is 146 g/mol. The molecule has 0 aromatic carbocycles. The molecule has 4 nitrogen and oxygen atoms in total. The van der Waals surface area contributed by atoms with E-state index in [4.69, 9.17) is 21.8 Å². The number of aliphatic hydroxyl groups excluding tert-OH is 2. The lowest BCUT2D eigenvalue weighted by Crippen LogP contribution is -2.36. The summed E-state index contributed by atoms with van der Waals surface area (Å²) >= 11 is 5.18. The molecule has 5 heteroatoms. The van der Waals surface area contributed by atoms with Crippen molar-refractivity contribution < 1.29 is 15.0 Å². The normalized spacial score (nSPS) is 16.8. The molecule has 0 aliphatic rings. The summed E-state index contributed by atoms with van der Waals surface area (Å²) in [6.45, 7) is -0.558. The van der Waals surface area contributed by atoms with Crippen LogP contribution in [0.25, 0.3) is 0 Å². The number of carbonyl (C=O) groups is 1. The van der Waals surface area contributed by atoms with Crippen molar-refractivity contribution in [2.24, 2.45) is 5.73 Å². The van der Waals surface area contributed by atoms with Gasteiger partial charge in [0.25, 0.3) is 0 Å². The van der Waals surface area contributed by atoms with E-state index in [2.05, 4.69) is 5.73 Å². The number of amides is 1. The molecule has 0 fully saturated rings. The van der Waals surface area contributed by atoms with Crippen molar-refractivity contribution >= 4 is 17.5 Å². The molecule has 1 amide bonds. The molecule has 0 spiro atoms. The Morgan fingerprint density at radius 2 is 2.22 bits per heavy atom. The number of rotatable bonds is 3. The van der Waals surface area contributed by atoms with Crippen molar-refractivity contribution in [2.75, 3.05) is 6.61 Å². The van der Waals surface area contributed by atoms with Gasteiger partial charge in [0, 0.05) is 0 Å². The highest BCUT2D eigenvalue weighted by Gasteiger charge is 2.20. The molecule has 0 radical (unpaired) electrons. The van der Waals surface area contributed by atoms with Crippen LogP contribution in [0.3, 0.4) is 0 Å². The third kappa shape index (κ3) is 2.64. The topological polar surface area (TPSA) is 83.6 Å². The minimum atomic E-state index is -1.26. The molecular formula is C4H8ClNO3. The third-order valence-electron chi connectivity index (χ3n) is 0.797. The first-order valence-electron chi connectivity index (χ1n) is 2.32. The fourth-order valence-electron chi connectivity index (χ4n) is 0.282. The summed E-state index contributed by atoms with van der Waals surface area (Å²) in [5, 5.41) is 15.6. The Balaban J connectivity index is 3.72. The van der Waals surface area contributed by atoms with E-state index in [1.54, 1.807) is 0 Å². The van der Waals surface area contributed by atoms with Crippen LogP contribution in [0.1, 0.15) is 0 Å². The zero-order valence-electron chi connectivity index (χ0n) is 4.62. The zero-order chi connectivity index (χ0) is 7.44. The Labute approximate surface area is 57.2 Å². The molecule has 9 heavy (non-hydrogen) atoms. The summed E-state index contributed by atoms with van der Waals surface area (Å²) in [5.74, 6) is -0.835. The Hall–Kier alpha value is -0.320. The molecule has 0 saturated heterocycles. The lowest BCUT2D eigenvalue weighted by molar-refractivity contribution is -0.119. The molecule has 2 atom stereocenters. The van der Waals surface area contributed by atoms with E-state index in [1.165, 1.54) is 0 Å². The molecule has 0 aliphatic carbocycles. The number of hydrogen-bond donors (Lipinski definition) is 3. The van der Waals surface area contributed by atoms with Crippen LogP contribution in [-0.4, -0.2) is 34.2 Å². The van der Waals surface area contributed by atoms with Crippen molar-refractivity contribution in [1.29, 1.82) is 0 Å². The van der Waals surface area contributed by atoms with E-state index < -0.39 is 24.0 Å². The average Bonchev–Trinajstić information content (AvgIpc) is 1.84. The molecule has 0 heterocycles. The van der Waals surface area contributed by atoms with Gasteiger partial charge in [-0.25, -0.2) is 0 Å². The number of hydrogen-bond acceptors (Lipinski definition) is 3. The molecule has 0 aliphatic heterocycles. The van der Waals surface area contributed by atoms with Crippen LogP contribution >= 0.6 is 11.6 Å². The minimum Gasteiger partial charge on any atom is -0.394 e. The largest absolute Gasteiger partial charge is 0.394 e. The highest BCUT2D eigenvalue weighted by Crippen LogP contribution is 2.00. The van der Waals surface area contributed by atoms with Crippen LogP contribution in [0, 0.1) is 0 Å². The number of carbonyl (C=O) groups excluding carboxylic acids is 1. The number of nitrogens with two attached hydrogens (primary N) is 1. The van der Waals surface area contributed by atoms with Crippen LogP contribution in [-0.2, 0) is 4.79 Å². The number of alkyl halides is 1. The Bertz CT molecular complexity index is 108. The van der Waals surface area contributed by atoms with Gasteiger partial charge in [0.1, 0.15) is 11.5 Å². The molecule has 0 rings (SSSR count). The molecule has 0 aromatic heterocycles. The van der Waals surface area contributed by atoms with Gasteiger partial charge in [-0.3, -0.25) is 4.79 Å². The third-order valence-corrected chi connectivity index (χ3v) is 1.30. The Kier molecular flexibility index (Phi) is 3.53. The summed E-state index contributed by atoms with van der Waals surface area (Å²) in [7, 11) is 0. The van der Waals surface area contributed by atoms with Crippen molar-refractivity contribution in [3.8, 4) is 0 Å². The first-order chi connectivity index (χ1) is 4.09. The second-order valence-electron chi connectivity index (χ2n) is 1.55. The Morgan fingerprint density at radius 1 is 1.78 bits per heavy atom. The fraction of sp³-hybridized carbons (Fsp3) is 0.750. The van der Waals surface area contributed by atoms with E-state index in [0.717, 1.165) is 0 Å². The highest BCUT2D eigenvalue weighted by molar-refractivity contribution is 6.31. The van der Waals surface area contributed by atoms with Gasteiger partial charge in [0.15, 0.2) is 0 Å². The Morgan fingerprint density at radius 3 is 2.33 bits per heavy atom. The van der Waals surface area contributed by atoms with Crippen LogP contribution in [0.2, 0.25) is 0 Å². The maximum Gasteiger partial charge on any atom is 0.238 e. The minimum absolute atomic E-state index is 0.558. The molecule has 0 aromatic rings. The predicted octanol–water partition coefficient (Wildman–Crippen LogP) is -1.57. The van der Waals surface area contributed by atoms with Gasteiger partial charge in [-0.05, 0) is 0 Å². The van der Waals surface area contributed by atoms with Gasteiger partial charge in [-0.1, -0.05) is 0 Å². The predicted molar refractivity (Wildman–Crippen MR) is 31.9 cm³/mol. The van der Waals surface area contributed by atoms with Gasteiger partial charge in [0.2, 0.25) is 5.91 Å². The second-order valence-corrected chi connectivity index (χ2v) is 2.02. The fourth-order valence-corrected chi connectivity index (χ4v) is 0.362. The van der Waals surface area contributed by atoms with Crippen molar-refractivity contribution in [3.63, 3.8) is 0 Å². The maximum absolute atomic E-state index is 10.1. The molecule has 0 bridgehead atoms. The van der Waals surface area contributed by atoms with E-state index in [-0.39, 0.29) is 0 Å². The molecule has 0 saturated carbocycles. The molecule has 2 unspecified atom stereocenters. The van der Waals surface area contributed by atoms with E-state index in [9.17, 15) is 4.79 Å². The monoisotopic (exact) mass is 153 g/mol. The van der Waals surface area contributed by atoms with Gasteiger partial charge in [-0.15, -0.1) is 11.6 Å². The summed E-state index contributed by atoms with van der Waals surface area (Å²) in [5.41, 5.74) is 4.67. The van der Waals surface area contributed by atoms with Crippen LogP contribution < -0.4 is 5.73 Å². The van der Waals surface area contributed by atoms with Crippen molar-refractivity contribution in [2.45, 2.75) is 11.5 Å². The van der Waals surface area contributed by atoms with E-state index in [0.29, 0.717) is 0 Å². The van der Waals surface area contributed by atoms with E-state index in [1.807, 2.05) is 0 Å². The number of primary amides is 1. The standard InChI is InChI=1S/C4H8ClNO3/c5-3(4(6)9)2(8)1-7/h2-3,7-8H,1H2,(H2,6,9). The SMILES string of the molecule is NC(=O)C(Cl)C(O)CO. The highest BCUT2D eigenvalue weighted by atomic mass is 35.5. The zero-order valence-corrected chi connectivity index (χ0v) is 5.38. The van der Waals surface area contributed by atoms with Crippen molar-refractivity contribution in [1.82, 2.24) is 0 Å². The van der Waals surface area contributed by atoms with Gasteiger partial charge < -0.3 is 15.9 Å². The summed E-state index contributed by atoms with van der Waals surface area (Å²) in [6, 6.07) is 0. The van der Waals surface area contributed by atoms with Gasteiger partial charge in [0.05, 0.1) is 6.61 Å². The van der Waals surface area contributed by atoms with Crippen LogP contribution in [0.4, 0.5) is 0 Å². The average molecular weight is 154 g/mol. The summed E-state index contributed by atoms with van der Waals surface area (Å²) in [4.78, 5) is 10.1. The number of halogens is 1. The smallest absolute Gasteiger partial charge is 0.238 e. The first-order valence-corrected chi connectivity index (χ1v) is 2.75. The molecule has 54 valence electrons. The lowest BCUT2D eigenvalue weighted by Gasteiger charge is -2.09. The summed E-state index contributed by atoms with van der Waals surface area (Å²) in [6.07, 6.45) is -1.26. The van der Waals surface area contributed by atoms with E-state index >= 15 is 0 Å². The van der Waals surface area contributed by atoms with Crippen LogP contribution in [0.5, 0.6) is 0 Å². The van der Waals surface area contributed by atoms with Crippen molar-refractivity contribution in [3.05, 3.63) is 0 Å². The second kappa shape index (κ2) is 3.66. The van der Waals surface area contributed by atoms with Crippen LogP contribution in [0.15, 0.2) is 0 Å². The quantitative estimate of drug-likeness (QED) is 0.429. The first kappa shape index (κ1) is 8.68. The number of aliphatic hydroxyl groups is 2.